The van der Waals surface area contributed by atoms with Crippen molar-refractivity contribution in [3.8, 4) is 5.75 Å². The first-order valence-electron chi connectivity index (χ1n) is 5.44. The maximum absolute atomic E-state index is 13.4. The summed E-state index contributed by atoms with van der Waals surface area (Å²) in [6, 6.07) is 5.18. The van der Waals surface area contributed by atoms with Crippen LogP contribution < -0.4 is 10.1 Å². The Morgan fingerprint density at radius 3 is 3.06 bits per heavy atom. The molecule has 1 aromatic rings. The van der Waals surface area contributed by atoms with E-state index in [1.165, 1.54) is 13.5 Å². The Balaban J connectivity index is 1.91. The summed E-state index contributed by atoms with van der Waals surface area (Å²) in [4.78, 5) is 0. The molecule has 2 nitrogen and oxygen atoms in total. The Morgan fingerprint density at radius 1 is 1.56 bits per heavy atom. The fourth-order valence-electron chi connectivity index (χ4n) is 1.78. The second kappa shape index (κ2) is 5.55. The van der Waals surface area contributed by atoms with Crippen molar-refractivity contribution in [2.45, 2.75) is 17.4 Å². The summed E-state index contributed by atoms with van der Waals surface area (Å²) in [6.07, 6.45) is 1.21. The molecule has 0 bridgehead atoms. The highest BCUT2D eigenvalue weighted by molar-refractivity contribution is 7.99. The van der Waals surface area contributed by atoms with Gasteiger partial charge in [-0.2, -0.15) is 11.8 Å². The van der Waals surface area contributed by atoms with Gasteiger partial charge in [0.25, 0.3) is 0 Å². The Hall–Kier alpha value is -0.740. The molecule has 88 valence electrons. The molecule has 0 amide bonds. The van der Waals surface area contributed by atoms with Gasteiger partial charge in [-0.25, -0.2) is 4.39 Å². The van der Waals surface area contributed by atoms with Gasteiger partial charge in [-0.3, -0.25) is 0 Å². The highest BCUT2D eigenvalue weighted by Gasteiger charge is 2.14. The van der Waals surface area contributed by atoms with Crippen molar-refractivity contribution in [2.24, 2.45) is 0 Å². The zero-order valence-electron chi connectivity index (χ0n) is 9.33. The average molecular weight is 241 g/mol. The topological polar surface area (TPSA) is 21.3 Å². The standard InChI is InChI=1S/C12H16FNOS/c1-15-12-3-2-9(6-11(12)13)8-16-10-4-5-14-7-10/h2-3,6,10,14H,4-5,7-8H2,1H3. The SMILES string of the molecule is COc1ccc(CSC2CCNC2)cc1F. The Morgan fingerprint density at radius 2 is 2.44 bits per heavy atom. The van der Waals surface area contributed by atoms with Gasteiger partial charge in [-0.05, 0) is 30.7 Å². The van der Waals surface area contributed by atoms with Crippen molar-refractivity contribution < 1.29 is 9.13 Å². The van der Waals surface area contributed by atoms with Crippen molar-refractivity contribution in [3.05, 3.63) is 29.6 Å². The number of methoxy groups -OCH3 is 1. The number of hydrogen-bond acceptors (Lipinski definition) is 3. The summed E-state index contributed by atoms with van der Waals surface area (Å²) in [7, 11) is 1.48. The molecule has 1 atom stereocenters. The predicted molar refractivity (Wildman–Crippen MR) is 65.5 cm³/mol. The number of rotatable bonds is 4. The van der Waals surface area contributed by atoms with Gasteiger partial charge < -0.3 is 10.1 Å². The Labute approximate surface area is 99.6 Å². The van der Waals surface area contributed by atoms with E-state index in [1.54, 1.807) is 12.1 Å². The number of hydrogen-bond donors (Lipinski definition) is 1. The molecule has 2 rings (SSSR count). The van der Waals surface area contributed by atoms with E-state index in [0.29, 0.717) is 11.0 Å². The molecule has 1 aliphatic heterocycles. The maximum Gasteiger partial charge on any atom is 0.165 e. The second-order valence-electron chi connectivity index (χ2n) is 3.89. The minimum Gasteiger partial charge on any atom is -0.494 e. The van der Waals surface area contributed by atoms with Crippen molar-refractivity contribution in [3.63, 3.8) is 0 Å². The summed E-state index contributed by atoms with van der Waals surface area (Å²) >= 11 is 1.89. The summed E-state index contributed by atoms with van der Waals surface area (Å²) in [5, 5.41) is 3.99. The molecule has 4 heteroatoms. The van der Waals surface area contributed by atoms with Gasteiger partial charge in [-0.15, -0.1) is 0 Å². The first kappa shape index (κ1) is 11.7. The number of halogens is 1. The lowest BCUT2D eigenvalue weighted by Gasteiger charge is -2.09. The average Bonchev–Trinajstić information content (AvgIpc) is 2.79. The number of thioether (sulfide) groups is 1. The van der Waals surface area contributed by atoms with Crippen molar-refractivity contribution >= 4 is 11.8 Å². The molecule has 1 unspecified atom stereocenters. The lowest BCUT2D eigenvalue weighted by Crippen LogP contribution is -2.10. The zero-order chi connectivity index (χ0) is 11.4. The molecule has 1 aromatic carbocycles. The van der Waals surface area contributed by atoms with Gasteiger partial charge in [0.1, 0.15) is 0 Å². The number of nitrogens with one attached hydrogen (secondary N) is 1. The fraction of sp³-hybridized carbons (Fsp3) is 0.500. The van der Waals surface area contributed by atoms with Crippen LogP contribution in [0.3, 0.4) is 0 Å². The highest BCUT2D eigenvalue weighted by Crippen LogP contribution is 2.25. The Kier molecular flexibility index (Phi) is 4.07. The van der Waals surface area contributed by atoms with Gasteiger partial charge in [0.05, 0.1) is 7.11 Å². The van der Waals surface area contributed by atoms with Gasteiger partial charge in [0.15, 0.2) is 11.6 Å². The van der Waals surface area contributed by atoms with E-state index in [9.17, 15) is 4.39 Å². The molecule has 1 heterocycles. The molecule has 0 aliphatic carbocycles. The first-order chi connectivity index (χ1) is 7.79. The first-order valence-corrected chi connectivity index (χ1v) is 6.49. The van der Waals surface area contributed by atoms with E-state index in [1.807, 2.05) is 17.8 Å². The quantitative estimate of drug-likeness (QED) is 0.874. The molecule has 1 N–H and O–H groups in total. The smallest absolute Gasteiger partial charge is 0.165 e. The summed E-state index contributed by atoms with van der Waals surface area (Å²) < 4.78 is 18.3. The summed E-state index contributed by atoms with van der Waals surface area (Å²) in [6.45, 7) is 2.18. The van der Waals surface area contributed by atoms with E-state index in [-0.39, 0.29) is 5.82 Å². The molecule has 1 saturated heterocycles. The van der Waals surface area contributed by atoms with E-state index in [2.05, 4.69) is 5.32 Å². The van der Waals surface area contributed by atoms with Crippen LogP contribution in [0.4, 0.5) is 4.39 Å². The number of ether oxygens (including phenoxy) is 1. The van der Waals surface area contributed by atoms with Crippen LogP contribution in [0.25, 0.3) is 0 Å². The van der Waals surface area contributed by atoms with Crippen LogP contribution in [-0.4, -0.2) is 25.4 Å². The third-order valence-electron chi connectivity index (χ3n) is 2.72. The minimum absolute atomic E-state index is 0.273. The molecule has 0 radical (unpaired) electrons. The van der Waals surface area contributed by atoms with Crippen LogP contribution in [0.1, 0.15) is 12.0 Å². The molecular weight excluding hydrogens is 225 g/mol. The Bertz CT molecular complexity index is 353. The van der Waals surface area contributed by atoms with Crippen molar-refractivity contribution in [2.75, 3.05) is 20.2 Å². The molecule has 0 saturated carbocycles. The summed E-state index contributed by atoms with van der Waals surface area (Å²) in [5.74, 6) is 0.911. The normalized spacial score (nSPS) is 20.0. The van der Waals surface area contributed by atoms with Crippen LogP contribution in [0, 0.1) is 5.82 Å². The van der Waals surface area contributed by atoms with E-state index in [0.717, 1.165) is 24.4 Å². The molecule has 16 heavy (non-hydrogen) atoms. The van der Waals surface area contributed by atoms with Crippen LogP contribution >= 0.6 is 11.8 Å². The fourth-order valence-corrected chi connectivity index (χ4v) is 2.91. The third kappa shape index (κ3) is 2.89. The van der Waals surface area contributed by atoms with E-state index < -0.39 is 0 Å². The molecule has 1 aliphatic rings. The molecule has 0 aromatic heterocycles. The molecule has 0 spiro atoms. The zero-order valence-corrected chi connectivity index (χ0v) is 10.1. The minimum atomic E-state index is -0.273. The highest BCUT2D eigenvalue weighted by atomic mass is 32.2. The van der Waals surface area contributed by atoms with E-state index in [4.69, 9.17) is 4.74 Å². The van der Waals surface area contributed by atoms with Crippen LogP contribution in [-0.2, 0) is 5.75 Å². The van der Waals surface area contributed by atoms with Gasteiger partial charge in [0.2, 0.25) is 0 Å². The van der Waals surface area contributed by atoms with Crippen molar-refractivity contribution in [1.29, 1.82) is 0 Å². The van der Waals surface area contributed by atoms with Crippen LogP contribution in [0.5, 0.6) is 5.75 Å². The van der Waals surface area contributed by atoms with Crippen molar-refractivity contribution in [1.82, 2.24) is 5.32 Å². The van der Waals surface area contributed by atoms with Crippen LogP contribution in [0.2, 0.25) is 0 Å². The van der Waals surface area contributed by atoms with Gasteiger partial charge in [-0.1, -0.05) is 6.07 Å². The van der Waals surface area contributed by atoms with Gasteiger partial charge in [0, 0.05) is 17.5 Å². The monoisotopic (exact) mass is 241 g/mol. The third-order valence-corrected chi connectivity index (χ3v) is 4.09. The maximum atomic E-state index is 13.4. The van der Waals surface area contributed by atoms with E-state index >= 15 is 0 Å². The molecule has 1 fully saturated rings. The lowest BCUT2D eigenvalue weighted by atomic mass is 10.2. The van der Waals surface area contributed by atoms with Crippen LogP contribution in [0.15, 0.2) is 18.2 Å². The molecular formula is C12H16FNOS. The number of benzene rings is 1. The lowest BCUT2D eigenvalue weighted by molar-refractivity contribution is 0.386. The van der Waals surface area contributed by atoms with Gasteiger partial charge >= 0.3 is 0 Å². The summed E-state index contributed by atoms with van der Waals surface area (Å²) in [5.41, 5.74) is 1.02. The predicted octanol–water partition coefficient (Wildman–Crippen LogP) is 2.43. The second-order valence-corrected chi connectivity index (χ2v) is 5.18. The largest absolute Gasteiger partial charge is 0.494 e.